The summed E-state index contributed by atoms with van der Waals surface area (Å²) in [7, 11) is -2.59. The Kier molecular flexibility index (Phi) is 5.87. The van der Waals surface area contributed by atoms with Crippen LogP contribution in [0.1, 0.15) is 11.1 Å². The number of benzene rings is 2. The fourth-order valence-corrected chi connectivity index (χ4v) is 3.54. The van der Waals surface area contributed by atoms with Gasteiger partial charge in [0.25, 0.3) is 0 Å². The van der Waals surface area contributed by atoms with Gasteiger partial charge in [0.2, 0.25) is 5.95 Å². The molecule has 4 rings (SSSR count). The summed E-state index contributed by atoms with van der Waals surface area (Å²) < 4.78 is 52.4. The zero-order valence-electron chi connectivity index (χ0n) is 18.5. The smallest absolute Gasteiger partial charge is 0.454 e. The van der Waals surface area contributed by atoms with Gasteiger partial charge >= 0.3 is 15.9 Å². The van der Waals surface area contributed by atoms with Crippen LogP contribution in [0.25, 0.3) is 11.1 Å². The van der Waals surface area contributed by atoms with E-state index in [-0.39, 0.29) is 22.8 Å². The molecule has 0 bridgehead atoms. The SMILES string of the molecule is COc1cc(Nc2ncc(C)c(Nc3ccc4oc(=O)n(OS(C)(=O)=O)c4c3)n2)cc(C)c1F. The molecule has 0 atom stereocenters. The van der Waals surface area contributed by atoms with Crippen molar-refractivity contribution in [1.29, 1.82) is 0 Å². The standard InChI is InChI=1S/C21H20FN5O6S/c1-11-7-14(9-17(31-3)18(11)22)25-20-23-10-12(2)19(26-20)24-13-5-6-16-15(8-13)27(21(28)32-16)33-34(4,29)30/h5-10H,1-4H3,(H2,23,24,25,26). The molecule has 0 radical (unpaired) electrons. The molecule has 0 aliphatic carbocycles. The lowest BCUT2D eigenvalue weighted by Crippen LogP contribution is -2.26. The monoisotopic (exact) mass is 489 g/mol. The number of hydrogen-bond donors (Lipinski definition) is 2. The van der Waals surface area contributed by atoms with Crippen LogP contribution in [0.3, 0.4) is 0 Å². The molecule has 2 N–H and O–H groups in total. The van der Waals surface area contributed by atoms with E-state index in [4.69, 9.17) is 13.4 Å². The molecule has 0 aliphatic heterocycles. The molecule has 11 nitrogen and oxygen atoms in total. The average molecular weight is 489 g/mol. The van der Waals surface area contributed by atoms with Crippen LogP contribution < -0.4 is 25.4 Å². The molecule has 178 valence electrons. The van der Waals surface area contributed by atoms with Crippen molar-refractivity contribution in [2.75, 3.05) is 24.0 Å². The molecule has 0 spiro atoms. The van der Waals surface area contributed by atoms with Crippen molar-refractivity contribution in [3.8, 4) is 5.75 Å². The first-order valence-corrected chi connectivity index (χ1v) is 11.6. The van der Waals surface area contributed by atoms with E-state index in [0.29, 0.717) is 33.0 Å². The molecule has 4 aromatic rings. The highest BCUT2D eigenvalue weighted by Gasteiger charge is 2.16. The molecule has 34 heavy (non-hydrogen) atoms. The van der Waals surface area contributed by atoms with Crippen molar-refractivity contribution < 1.29 is 26.2 Å². The van der Waals surface area contributed by atoms with Gasteiger partial charge in [0.15, 0.2) is 17.1 Å². The number of anilines is 4. The molecular weight excluding hydrogens is 469 g/mol. The number of nitrogens with one attached hydrogen (secondary N) is 2. The first-order valence-electron chi connectivity index (χ1n) is 9.81. The summed E-state index contributed by atoms with van der Waals surface area (Å²) in [5.74, 6) is -0.670. The van der Waals surface area contributed by atoms with Crippen molar-refractivity contribution in [3.05, 3.63) is 64.0 Å². The highest BCUT2D eigenvalue weighted by Crippen LogP contribution is 2.28. The number of fused-ring (bicyclic) bond motifs is 1. The van der Waals surface area contributed by atoms with E-state index in [1.807, 2.05) is 0 Å². The Hall–Kier alpha value is -4.13. The summed E-state index contributed by atoms with van der Waals surface area (Å²) in [5.41, 5.74) is 2.36. The van der Waals surface area contributed by atoms with E-state index in [1.165, 1.54) is 25.3 Å². The molecule has 2 aromatic carbocycles. The fraction of sp³-hybridized carbons (Fsp3) is 0.190. The van der Waals surface area contributed by atoms with Crippen molar-refractivity contribution >= 4 is 44.4 Å². The van der Waals surface area contributed by atoms with E-state index in [1.54, 1.807) is 32.2 Å². The zero-order chi connectivity index (χ0) is 24.6. The Bertz CT molecular complexity index is 1560. The first-order chi connectivity index (χ1) is 16.0. The van der Waals surface area contributed by atoms with Crippen LogP contribution in [-0.4, -0.2) is 36.5 Å². The van der Waals surface area contributed by atoms with Crippen LogP contribution in [0, 0.1) is 19.7 Å². The maximum atomic E-state index is 14.0. The lowest BCUT2D eigenvalue weighted by atomic mass is 10.2. The first kappa shape index (κ1) is 23.0. The van der Waals surface area contributed by atoms with Gasteiger partial charge in [-0.1, -0.05) is 4.73 Å². The summed E-state index contributed by atoms with van der Waals surface area (Å²) in [5, 5.41) is 6.11. The van der Waals surface area contributed by atoms with Crippen molar-refractivity contribution in [3.63, 3.8) is 0 Å². The third-order valence-electron chi connectivity index (χ3n) is 4.68. The van der Waals surface area contributed by atoms with Crippen molar-refractivity contribution in [1.82, 2.24) is 14.7 Å². The molecule has 0 amide bonds. The van der Waals surface area contributed by atoms with Crippen LogP contribution in [0.2, 0.25) is 0 Å². The lowest BCUT2D eigenvalue weighted by molar-refractivity contribution is 0.261. The van der Waals surface area contributed by atoms with Gasteiger partial charge < -0.3 is 19.8 Å². The number of aryl methyl sites for hydroxylation is 2. The molecule has 2 heterocycles. The predicted molar refractivity (Wildman–Crippen MR) is 123 cm³/mol. The number of oxazole rings is 1. The number of hydrogen-bond acceptors (Lipinski definition) is 10. The van der Waals surface area contributed by atoms with E-state index in [9.17, 15) is 17.6 Å². The molecule has 0 saturated carbocycles. The van der Waals surface area contributed by atoms with Crippen molar-refractivity contribution in [2.45, 2.75) is 13.8 Å². The second-order valence-corrected chi connectivity index (χ2v) is 8.97. The minimum Gasteiger partial charge on any atom is -0.494 e. The van der Waals surface area contributed by atoms with Crippen LogP contribution in [0.15, 0.2) is 45.7 Å². The minimum atomic E-state index is -3.96. The number of methoxy groups -OCH3 is 1. The summed E-state index contributed by atoms with van der Waals surface area (Å²) >= 11 is 0. The number of ether oxygens (including phenoxy) is 1. The Morgan fingerprint density at radius 1 is 1.09 bits per heavy atom. The van der Waals surface area contributed by atoms with Gasteiger partial charge in [-0.05, 0) is 43.7 Å². The summed E-state index contributed by atoms with van der Waals surface area (Å²) in [6.45, 7) is 3.40. The van der Waals surface area contributed by atoms with Gasteiger partial charge in [-0.2, -0.15) is 13.4 Å². The molecular formula is C21H20FN5O6S. The van der Waals surface area contributed by atoms with E-state index < -0.39 is 21.7 Å². The Balaban J connectivity index is 1.65. The number of rotatable bonds is 7. The minimum absolute atomic E-state index is 0.0868. The molecule has 2 aromatic heterocycles. The quantitative estimate of drug-likeness (QED) is 0.398. The molecule has 13 heteroatoms. The third-order valence-corrected chi connectivity index (χ3v) is 5.10. The largest absolute Gasteiger partial charge is 0.494 e. The van der Waals surface area contributed by atoms with Crippen LogP contribution >= 0.6 is 0 Å². The Morgan fingerprint density at radius 3 is 2.56 bits per heavy atom. The van der Waals surface area contributed by atoms with Crippen LogP contribution in [0.5, 0.6) is 5.75 Å². The van der Waals surface area contributed by atoms with Gasteiger partial charge in [0, 0.05) is 29.2 Å². The third kappa shape index (κ3) is 4.78. The Morgan fingerprint density at radius 2 is 1.85 bits per heavy atom. The summed E-state index contributed by atoms with van der Waals surface area (Å²) in [6.07, 6.45) is 2.40. The van der Waals surface area contributed by atoms with Gasteiger partial charge in [-0.3, -0.25) is 4.28 Å². The number of aromatic nitrogens is 3. The topological polar surface area (TPSA) is 138 Å². The normalized spacial score (nSPS) is 11.4. The zero-order valence-corrected chi connectivity index (χ0v) is 19.4. The molecule has 0 fully saturated rings. The van der Waals surface area contributed by atoms with Gasteiger partial charge in [0.1, 0.15) is 11.3 Å². The van der Waals surface area contributed by atoms with Gasteiger partial charge in [-0.15, -0.1) is 0 Å². The average Bonchev–Trinajstić information content (AvgIpc) is 3.06. The predicted octanol–water partition coefficient (Wildman–Crippen LogP) is 3.02. The molecule has 0 unspecified atom stereocenters. The summed E-state index contributed by atoms with van der Waals surface area (Å²) in [6, 6.07) is 7.69. The fourth-order valence-electron chi connectivity index (χ4n) is 3.13. The Labute approximate surface area is 193 Å². The highest BCUT2D eigenvalue weighted by molar-refractivity contribution is 7.86. The summed E-state index contributed by atoms with van der Waals surface area (Å²) in [4.78, 5) is 20.7. The molecule has 0 saturated heterocycles. The maximum Gasteiger partial charge on any atom is 0.454 e. The number of nitrogens with zero attached hydrogens (tertiary/aromatic N) is 3. The molecule has 0 aliphatic rings. The van der Waals surface area contributed by atoms with Crippen LogP contribution in [-0.2, 0) is 10.1 Å². The van der Waals surface area contributed by atoms with Crippen LogP contribution in [0.4, 0.5) is 27.5 Å². The lowest BCUT2D eigenvalue weighted by Gasteiger charge is -2.13. The second kappa shape index (κ2) is 8.67. The second-order valence-electron chi connectivity index (χ2n) is 7.41. The van der Waals surface area contributed by atoms with E-state index in [0.717, 1.165) is 6.26 Å². The highest BCUT2D eigenvalue weighted by atomic mass is 32.2. The van der Waals surface area contributed by atoms with E-state index >= 15 is 0 Å². The maximum absolute atomic E-state index is 14.0. The van der Waals surface area contributed by atoms with Gasteiger partial charge in [-0.25, -0.2) is 14.2 Å². The van der Waals surface area contributed by atoms with E-state index in [2.05, 4.69) is 20.6 Å². The number of halogens is 1. The van der Waals surface area contributed by atoms with Crippen molar-refractivity contribution in [2.24, 2.45) is 0 Å². The van der Waals surface area contributed by atoms with Gasteiger partial charge in [0.05, 0.1) is 13.4 Å².